The second-order valence-electron chi connectivity index (χ2n) is 4.77. The van der Waals surface area contributed by atoms with Gasteiger partial charge in [-0.1, -0.05) is 19.1 Å². The fourth-order valence-electron chi connectivity index (χ4n) is 2.16. The molecule has 1 atom stereocenters. The number of halogens is 2. The van der Waals surface area contributed by atoms with Crippen molar-refractivity contribution in [3.8, 4) is 0 Å². The summed E-state index contributed by atoms with van der Waals surface area (Å²) in [6.45, 7) is 4.32. The van der Waals surface area contributed by atoms with Gasteiger partial charge in [0.05, 0.1) is 6.04 Å². The van der Waals surface area contributed by atoms with Crippen LogP contribution in [-0.2, 0) is 0 Å². The molecule has 20 heavy (non-hydrogen) atoms. The molecule has 106 valence electrons. The SMILES string of the molecule is CCCNC(c1cccnc1)c1c(F)ccc(C)c1F. The predicted molar refractivity (Wildman–Crippen MR) is 75.5 cm³/mol. The molecule has 1 aromatic carbocycles. The van der Waals surface area contributed by atoms with Crippen molar-refractivity contribution in [3.63, 3.8) is 0 Å². The van der Waals surface area contributed by atoms with Crippen molar-refractivity contribution in [3.05, 3.63) is 65.0 Å². The molecule has 4 heteroatoms. The molecule has 0 aliphatic carbocycles. The maximum Gasteiger partial charge on any atom is 0.134 e. The van der Waals surface area contributed by atoms with Crippen molar-refractivity contribution in [2.45, 2.75) is 26.3 Å². The van der Waals surface area contributed by atoms with E-state index in [9.17, 15) is 8.78 Å². The molecule has 0 saturated heterocycles. The molecule has 1 heterocycles. The number of aromatic nitrogens is 1. The van der Waals surface area contributed by atoms with Crippen molar-refractivity contribution < 1.29 is 8.78 Å². The molecule has 0 aliphatic heterocycles. The van der Waals surface area contributed by atoms with E-state index in [0.717, 1.165) is 12.0 Å². The standard InChI is InChI=1S/C16H18F2N2/c1-3-8-20-16(12-5-4-9-19-10-12)14-13(17)7-6-11(2)15(14)18/h4-7,9-10,16,20H,3,8H2,1-2H3. The van der Waals surface area contributed by atoms with Crippen LogP contribution in [0.3, 0.4) is 0 Å². The Morgan fingerprint density at radius 2 is 2.05 bits per heavy atom. The molecular weight excluding hydrogens is 258 g/mol. The summed E-state index contributed by atoms with van der Waals surface area (Å²) in [5.41, 5.74) is 1.25. The molecule has 1 unspecified atom stereocenters. The van der Waals surface area contributed by atoms with Gasteiger partial charge in [-0.05, 0) is 43.1 Å². The van der Waals surface area contributed by atoms with Gasteiger partial charge < -0.3 is 5.32 Å². The maximum atomic E-state index is 14.3. The number of nitrogens with zero attached hydrogens (tertiary/aromatic N) is 1. The monoisotopic (exact) mass is 276 g/mol. The molecule has 0 saturated carbocycles. The van der Waals surface area contributed by atoms with Gasteiger partial charge in [0.1, 0.15) is 11.6 Å². The first-order valence-electron chi connectivity index (χ1n) is 6.73. The molecular formula is C16H18F2N2. The maximum absolute atomic E-state index is 14.3. The van der Waals surface area contributed by atoms with Crippen LogP contribution in [0.5, 0.6) is 0 Å². The van der Waals surface area contributed by atoms with Crippen molar-refractivity contribution in [1.82, 2.24) is 10.3 Å². The largest absolute Gasteiger partial charge is 0.306 e. The highest BCUT2D eigenvalue weighted by Crippen LogP contribution is 2.28. The molecule has 0 bridgehead atoms. The Kier molecular flexibility index (Phi) is 4.79. The summed E-state index contributed by atoms with van der Waals surface area (Å²) in [7, 11) is 0. The Labute approximate surface area is 117 Å². The molecule has 0 radical (unpaired) electrons. The average Bonchev–Trinajstić information content (AvgIpc) is 2.47. The zero-order chi connectivity index (χ0) is 14.5. The zero-order valence-electron chi connectivity index (χ0n) is 11.7. The fraction of sp³-hybridized carbons (Fsp3) is 0.312. The lowest BCUT2D eigenvalue weighted by Gasteiger charge is -2.21. The molecule has 0 spiro atoms. The van der Waals surface area contributed by atoms with E-state index in [4.69, 9.17) is 0 Å². The minimum atomic E-state index is -0.537. The number of pyridine rings is 1. The van der Waals surface area contributed by atoms with E-state index in [1.165, 1.54) is 12.1 Å². The molecule has 1 aromatic heterocycles. The van der Waals surface area contributed by atoms with Crippen LogP contribution in [0.4, 0.5) is 8.78 Å². The van der Waals surface area contributed by atoms with Gasteiger partial charge in [-0.2, -0.15) is 0 Å². The Hall–Kier alpha value is -1.81. The lowest BCUT2D eigenvalue weighted by Crippen LogP contribution is -2.25. The summed E-state index contributed by atoms with van der Waals surface area (Å²) in [6, 6.07) is 5.82. The molecule has 1 N–H and O–H groups in total. The summed E-state index contributed by atoms with van der Waals surface area (Å²) in [5, 5.41) is 3.19. The number of nitrogens with one attached hydrogen (secondary N) is 1. The Balaban J connectivity index is 2.49. The third-order valence-corrected chi connectivity index (χ3v) is 3.22. The molecule has 0 fully saturated rings. The number of rotatable bonds is 5. The van der Waals surface area contributed by atoms with Gasteiger partial charge >= 0.3 is 0 Å². The third kappa shape index (κ3) is 3.02. The van der Waals surface area contributed by atoms with E-state index in [2.05, 4.69) is 10.3 Å². The molecule has 0 aliphatic rings. The summed E-state index contributed by atoms with van der Waals surface area (Å²) in [6.07, 6.45) is 4.16. The summed E-state index contributed by atoms with van der Waals surface area (Å²) >= 11 is 0. The topological polar surface area (TPSA) is 24.9 Å². The number of hydrogen-bond donors (Lipinski definition) is 1. The van der Waals surface area contributed by atoms with E-state index in [1.807, 2.05) is 13.0 Å². The van der Waals surface area contributed by atoms with Gasteiger partial charge in [-0.15, -0.1) is 0 Å². The summed E-state index contributed by atoms with van der Waals surface area (Å²) in [4.78, 5) is 4.04. The highest BCUT2D eigenvalue weighted by molar-refractivity contribution is 5.35. The van der Waals surface area contributed by atoms with Crippen LogP contribution in [-0.4, -0.2) is 11.5 Å². The Morgan fingerprint density at radius 3 is 2.70 bits per heavy atom. The van der Waals surface area contributed by atoms with Crippen LogP contribution in [0.2, 0.25) is 0 Å². The highest BCUT2D eigenvalue weighted by atomic mass is 19.1. The molecule has 2 nitrogen and oxygen atoms in total. The zero-order valence-corrected chi connectivity index (χ0v) is 11.7. The first-order valence-corrected chi connectivity index (χ1v) is 6.73. The van der Waals surface area contributed by atoms with Crippen molar-refractivity contribution in [1.29, 1.82) is 0 Å². The molecule has 2 rings (SSSR count). The second kappa shape index (κ2) is 6.57. The van der Waals surface area contributed by atoms with Gasteiger partial charge in [-0.25, -0.2) is 8.78 Å². The Bertz CT molecular complexity index is 570. The van der Waals surface area contributed by atoms with E-state index in [0.29, 0.717) is 12.1 Å². The summed E-state index contributed by atoms with van der Waals surface area (Å²) < 4.78 is 28.4. The van der Waals surface area contributed by atoms with E-state index in [1.54, 1.807) is 25.4 Å². The Morgan fingerprint density at radius 1 is 1.25 bits per heavy atom. The average molecular weight is 276 g/mol. The number of aryl methyl sites for hydroxylation is 1. The molecule has 2 aromatic rings. The highest BCUT2D eigenvalue weighted by Gasteiger charge is 2.22. The first kappa shape index (κ1) is 14.6. The lowest BCUT2D eigenvalue weighted by atomic mass is 9.97. The van der Waals surface area contributed by atoms with Crippen LogP contribution < -0.4 is 5.32 Å². The lowest BCUT2D eigenvalue weighted by molar-refractivity contribution is 0.499. The quantitative estimate of drug-likeness (QED) is 0.899. The van der Waals surface area contributed by atoms with Crippen LogP contribution in [0.25, 0.3) is 0 Å². The van der Waals surface area contributed by atoms with E-state index in [-0.39, 0.29) is 5.56 Å². The molecule has 0 amide bonds. The minimum absolute atomic E-state index is 0.0615. The van der Waals surface area contributed by atoms with Crippen LogP contribution in [0.1, 0.15) is 36.1 Å². The third-order valence-electron chi connectivity index (χ3n) is 3.22. The van der Waals surface area contributed by atoms with E-state index >= 15 is 0 Å². The van der Waals surface area contributed by atoms with Crippen LogP contribution >= 0.6 is 0 Å². The van der Waals surface area contributed by atoms with Gasteiger partial charge in [0, 0.05) is 18.0 Å². The van der Waals surface area contributed by atoms with Gasteiger partial charge in [0.25, 0.3) is 0 Å². The van der Waals surface area contributed by atoms with Gasteiger partial charge in [0.15, 0.2) is 0 Å². The van der Waals surface area contributed by atoms with Crippen LogP contribution in [0, 0.1) is 18.6 Å². The minimum Gasteiger partial charge on any atom is -0.306 e. The van der Waals surface area contributed by atoms with Crippen LogP contribution in [0.15, 0.2) is 36.7 Å². The smallest absolute Gasteiger partial charge is 0.134 e. The summed E-state index contributed by atoms with van der Waals surface area (Å²) in [5.74, 6) is -1.03. The van der Waals surface area contributed by atoms with Gasteiger partial charge in [-0.3, -0.25) is 4.98 Å². The number of hydrogen-bond acceptors (Lipinski definition) is 2. The first-order chi connectivity index (χ1) is 9.65. The van der Waals surface area contributed by atoms with Gasteiger partial charge in [0.2, 0.25) is 0 Å². The second-order valence-corrected chi connectivity index (χ2v) is 4.77. The predicted octanol–water partition coefficient (Wildman–Crippen LogP) is 3.76. The van der Waals surface area contributed by atoms with Crippen molar-refractivity contribution >= 4 is 0 Å². The normalized spacial score (nSPS) is 12.4. The van der Waals surface area contributed by atoms with E-state index < -0.39 is 17.7 Å². The van der Waals surface area contributed by atoms with Crippen molar-refractivity contribution in [2.75, 3.05) is 6.54 Å². The number of benzene rings is 1. The fourth-order valence-corrected chi connectivity index (χ4v) is 2.16. The van der Waals surface area contributed by atoms with Crippen molar-refractivity contribution in [2.24, 2.45) is 0 Å².